The van der Waals surface area contributed by atoms with Gasteiger partial charge in [0.15, 0.2) is 5.88 Å². The highest BCUT2D eigenvalue weighted by Crippen LogP contribution is 1.88. The van der Waals surface area contributed by atoms with E-state index in [0.29, 0.717) is 0 Å². The Kier molecular flexibility index (Phi) is 2.77. The van der Waals surface area contributed by atoms with Gasteiger partial charge < -0.3 is 10.8 Å². The van der Waals surface area contributed by atoms with E-state index in [9.17, 15) is 0 Å². The van der Waals surface area contributed by atoms with E-state index in [1.54, 1.807) is 6.08 Å². The highest BCUT2D eigenvalue weighted by Gasteiger charge is 1.74. The average molecular weight is 113 g/mol. The Balaban J connectivity index is 3.76. The van der Waals surface area contributed by atoms with Crippen LogP contribution in [0.4, 0.5) is 0 Å². The Morgan fingerprint density at radius 2 is 1.88 bits per heavy atom. The second kappa shape index (κ2) is 3.13. The zero-order valence-electron chi connectivity index (χ0n) is 5.18. The number of allylic oxidation sites excluding steroid dienone is 3. The number of hydrogen-bond acceptors (Lipinski definition) is 2. The van der Waals surface area contributed by atoms with Crippen LogP contribution < -0.4 is 5.73 Å². The smallest absolute Gasteiger partial charge is 0.181 e. The van der Waals surface area contributed by atoms with Crippen molar-refractivity contribution >= 4 is 0 Å². The van der Waals surface area contributed by atoms with Gasteiger partial charge in [0.1, 0.15) is 0 Å². The predicted octanol–water partition coefficient (Wildman–Crippen LogP) is 1.31. The zero-order chi connectivity index (χ0) is 6.57. The molecule has 0 fully saturated rings. The fourth-order valence-corrected chi connectivity index (χ4v) is 0.252. The van der Waals surface area contributed by atoms with Crippen LogP contribution in [0.2, 0.25) is 0 Å². The molecule has 0 aromatic heterocycles. The molecular formula is C6H11NO. The Labute approximate surface area is 49.3 Å². The maximum Gasteiger partial charge on any atom is 0.181 e. The molecule has 0 rings (SSSR count). The molecule has 46 valence electrons. The van der Waals surface area contributed by atoms with Gasteiger partial charge in [0.05, 0.1) is 0 Å². The first-order valence-corrected chi connectivity index (χ1v) is 2.42. The van der Waals surface area contributed by atoms with Crippen molar-refractivity contribution < 1.29 is 5.11 Å². The SMILES string of the molecule is CC(C)=C/C=C(\N)O. The molecule has 2 heteroatoms. The molecule has 0 saturated carbocycles. The minimum atomic E-state index is -0.147. The molecular weight excluding hydrogens is 102 g/mol. The van der Waals surface area contributed by atoms with Crippen molar-refractivity contribution in [2.75, 3.05) is 0 Å². The quantitative estimate of drug-likeness (QED) is 0.398. The van der Waals surface area contributed by atoms with Crippen LogP contribution in [0.25, 0.3) is 0 Å². The largest absolute Gasteiger partial charge is 0.495 e. The minimum Gasteiger partial charge on any atom is -0.495 e. The first kappa shape index (κ1) is 7.08. The molecule has 0 radical (unpaired) electrons. The summed E-state index contributed by atoms with van der Waals surface area (Å²) in [5, 5.41) is 8.40. The van der Waals surface area contributed by atoms with E-state index < -0.39 is 0 Å². The van der Waals surface area contributed by atoms with E-state index in [-0.39, 0.29) is 5.88 Å². The van der Waals surface area contributed by atoms with Crippen LogP contribution >= 0.6 is 0 Å². The fourth-order valence-electron chi connectivity index (χ4n) is 0.252. The molecule has 0 atom stereocenters. The lowest BCUT2D eigenvalue weighted by Crippen LogP contribution is -1.92. The maximum absolute atomic E-state index is 8.40. The molecule has 3 N–H and O–H groups in total. The van der Waals surface area contributed by atoms with Gasteiger partial charge in [0.2, 0.25) is 0 Å². The van der Waals surface area contributed by atoms with Gasteiger partial charge in [-0.15, -0.1) is 0 Å². The Bertz CT molecular complexity index is 100. The number of nitrogens with two attached hydrogens (primary N) is 1. The zero-order valence-corrected chi connectivity index (χ0v) is 5.18. The molecule has 0 bridgehead atoms. The second-order valence-electron chi connectivity index (χ2n) is 1.84. The van der Waals surface area contributed by atoms with Crippen molar-refractivity contribution in [2.24, 2.45) is 5.73 Å². The first-order chi connectivity index (χ1) is 3.63. The first-order valence-electron chi connectivity index (χ1n) is 2.42. The van der Waals surface area contributed by atoms with Crippen molar-refractivity contribution in [2.45, 2.75) is 13.8 Å². The van der Waals surface area contributed by atoms with Gasteiger partial charge in [-0.2, -0.15) is 0 Å². The second-order valence-corrected chi connectivity index (χ2v) is 1.84. The van der Waals surface area contributed by atoms with Crippen LogP contribution in [0.1, 0.15) is 13.8 Å². The lowest BCUT2D eigenvalue weighted by atomic mass is 10.3. The Morgan fingerprint density at radius 3 is 2.00 bits per heavy atom. The molecule has 0 unspecified atom stereocenters. The van der Waals surface area contributed by atoms with Gasteiger partial charge in [0.25, 0.3) is 0 Å². The summed E-state index contributed by atoms with van der Waals surface area (Å²) in [4.78, 5) is 0. The molecule has 0 aromatic rings. The number of rotatable bonds is 1. The van der Waals surface area contributed by atoms with Gasteiger partial charge in [-0.1, -0.05) is 11.6 Å². The lowest BCUT2D eigenvalue weighted by molar-refractivity contribution is 0.406. The van der Waals surface area contributed by atoms with Gasteiger partial charge in [-0.05, 0) is 19.9 Å². The molecule has 0 aromatic carbocycles. The number of aliphatic hydroxyl groups is 1. The van der Waals surface area contributed by atoms with Crippen molar-refractivity contribution in [3.05, 3.63) is 23.6 Å². The van der Waals surface area contributed by atoms with Gasteiger partial charge >= 0.3 is 0 Å². The third kappa shape index (κ3) is 5.08. The third-order valence-electron chi connectivity index (χ3n) is 0.587. The van der Waals surface area contributed by atoms with Crippen molar-refractivity contribution in [1.82, 2.24) is 0 Å². The van der Waals surface area contributed by atoms with Crippen LogP contribution in [-0.4, -0.2) is 5.11 Å². The topological polar surface area (TPSA) is 46.2 Å². The average Bonchev–Trinajstić information content (AvgIpc) is 1.61. The van der Waals surface area contributed by atoms with Crippen LogP contribution in [0, 0.1) is 0 Å². The molecule has 0 amide bonds. The summed E-state index contributed by atoms with van der Waals surface area (Å²) in [6.45, 7) is 3.86. The minimum absolute atomic E-state index is 0.147. The van der Waals surface area contributed by atoms with E-state index in [1.165, 1.54) is 6.08 Å². The molecule has 0 aliphatic carbocycles. The molecule has 0 aliphatic heterocycles. The summed E-state index contributed by atoms with van der Waals surface area (Å²) >= 11 is 0. The Hall–Kier alpha value is -0.920. The van der Waals surface area contributed by atoms with Crippen molar-refractivity contribution in [3.63, 3.8) is 0 Å². The molecule has 2 nitrogen and oxygen atoms in total. The van der Waals surface area contributed by atoms with E-state index in [2.05, 4.69) is 0 Å². The van der Waals surface area contributed by atoms with Crippen LogP contribution in [-0.2, 0) is 0 Å². The highest BCUT2D eigenvalue weighted by molar-refractivity contribution is 5.09. The summed E-state index contributed by atoms with van der Waals surface area (Å²) in [6, 6.07) is 0. The molecule has 0 aliphatic rings. The molecule has 8 heavy (non-hydrogen) atoms. The van der Waals surface area contributed by atoms with Gasteiger partial charge in [-0.3, -0.25) is 0 Å². The molecule has 0 heterocycles. The van der Waals surface area contributed by atoms with E-state index >= 15 is 0 Å². The molecule has 0 spiro atoms. The van der Waals surface area contributed by atoms with E-state index in [0.717, 1.165) is 5.57 Å². The molecule has 0 saturated heterocycles. The van der Waals surface area contributed by atoms with E-state index in [1.807, 2.05) is 13.8 Å². The summed E-state index contributed by atoms with van der Waals surface area (Å²) in [5.74, 6) is -0.147. The van der Waals surface area contributed by atoms with Crippen LogP contribution in [0.5, 0.6) is 0 Å². The predicted molar refractivity (Wildman–Crippen MR) is 34.3 cm³/mol. The third-order valence-corrected chi connectivity index (χ3v) is 0.587. The lowest BCUT2D eigenvalue weighted by Gasteiger charge is -1.84. The van der Waals surface area contributed by atoms with Gasteiger partial charge in [-0.25, -0.2) is 0 Å². The normalized spacial score (nSPS) is 11.0. The highest BCUT2D eigenvalue weighted by atomic mass is 16.3. The summed E-state index contributed by atoms with van der Waals surface area (Å²) in [7, 11) is 0. The van der Waals surface area contributed by atoms with Crippen LogP contribution in [0.15, 0.2) is 23.6 Å². The number of hydrogen-bond donors (Lipinski definition) is 2. The maximum atomic E-state index is 8.40. The monoisotopic (exact) mass is 113 g/mol. The summed E-state index contributed by atoms with van der Waals surface area (Å²) < 4.78 is 0. The standard InChI is InChI=1S/C6H11NO/c1-5(2)3-4-6(7)8/h3-4,8H,7H2,1-2H3/b6-4+. The van der Waals surface area contributed by atoms with Crippen molar-refractivity contribution in [1.29, 1.82) is 0 Å². The Morgan fingerprint density at radius 1 is 1.38 bits per heavy atom. The fraction of sp³-hybridized carbons (Fsp3) is 0.333. The summed E-state index contributed by atoms with van der Waals surface area (Å²) in [5.41, 5.74) is 6.03. The van der Waals surface area contributed by atoms with Crippen molar-refractivity contribution in [3.8, 4) is 0 Å². The van der Waals surface area contributed by atoms with E-state index in [4.69, 9.17) is 10.8 Å². The summed E-state index contributed by atoms with van der Waals surface area (Å²) in [6.07, 6.45) is 3.20. The van der Waals surface area contributed by atoms with Crippen LogP contribution in [0.3, 0.4) is 0 Å². The van der Waals surface area contributed by atoms with Gasteiger partial charge in [0, 0.05) is 0 Å². The number of aliphatic hydroxyl groups excluding tert-OH is 1.